The quantitative estimate of drug-likeness (QED) is 0.169. The van der Waals surface area contributed by atoms with E-state index in [-0.39, 0.29) is 0 Å². The van der Waals surface area contributed by atoms with Crippen molar-refractivity contribution in [2.75, 3.05) is 0 Å². The van der Waals surface area contributed by atoms with Crippen LogP contribution in [0.1, 0.15) is 0 Å². The summed E-state index contributed by atoms with van der Waals surface area (Å²) in [6, 6.07) is 77.7. The van der Waals surface area contributed by atoms with Crippen LogP contribution in [-0.4, -0.2) is 19.5 Å². The fraction of sp³-hybridized carbons (Fsp3) is 0. The maximum absolute atomic E-state index is 5.08. The molecule has 0 aliphatic rings. The average molecular weight is 777 g/mol. The van der Waals surface area contributed by atoms with Gasteiger partial charge in [-0.2, -0.15) is 0 Å². The van der Waals surface area contributed by atoms with Crippen molar-refractivity contribution >= 4 is 54.1 Å². The highest BCUT2D eigenvalue weighted by Crippen LogP contribution is 2.41. The Bertz CT molecular complexity index is 3540. The highest BCUT2D eigenvalue weighted by molar-refractivity contribution is 6.18. The standard InChI is InChI=1S/C57H36N4/c1-3-14-43-35-45(29-25-37(43)11-1)56-58-55(59-57(60-56)46-30-26-38-12-2-4-15-44(38)36-46)42-27-23-39(24-28-42)40-31-33-47(34-32-40)61-52-21-8-7-18-51(52)54-50(20-10-22-53(54)61)49-19-9-16-41-13-5-6-17-48(41)49/h1-36H. The minimum Gasteiger partial charge on any atom is -0.309 e. The average Bonchev–Trinajstić information content (AvgIpc) is 3.68. The van der Waals surface area contributed by atoms with Crippen molar-refractivity contribution in [1.29, 1.82) is 0 Å². The van der Waals surface area contributed by atoms with Crippen LogP contribution in [0.4, 0.5) is 0 Å². The summed E-state index contributed by atoms with van der Waals surface area (Å²) in [7, 11) is 0. The van der Waals surface area contributed by atoms with Crippen LogP contribution in [0.3, 0.4) is 0 Å². The minimum absolute atomic E-state index is 0.637. The van der Waals surface area contributed by atoms with Crippen molar-refractivity contribution in [2.45, 2.75) is 0 Å². The molecule has 0 bridgehead atoms. The normalized spacial score (nSPS) is 11.6. The van der Waals surface area contributed by atoms with Gasteiger partial charge in [-0.3, -0.25) is 0 Å². The molecule has 4 heteroatoms. The molecule has 12 rings (SSSR count). The minimum atomic E-state index is 0.637. The van der Waals surface area contributed by atoms with E-state index in [0.717, 1.165) is 44.3 Å². The number of fused-ring (bicyclic) bond motifs is 6. The first-order valence-electron chi connectivity index (χ1n) is 20.7. The van der Waals surface area contributed by atoms with E-state index in [4.69, 9.17) is 15.0 Å². The van der Waals surface area contributed by atoms with Gasteiger partial charge in [0.1, 0.15) is 0 Å². The van der Waals surface area contributed by atoms with Crippen LogP contribution in [0.2, 0.25) is 0 Å². The predicted octanol–water partition coefficient (Wildman–Crippen LogP) is 14.8. The SMILES string of the molecule is c1ccc2cc(-c3nc(-c4ccc(-c5ccc(-n6c7ccccc7c7c(-c8cccc9ccccc89)cccc76)cc5)cc4)nc(-c4ccc5ccccc5c4)n3)ccc2c1. The Morgan fingerprint density at radius 3 is 1.38 bits per heavy atom. The van der Waals surface area contributed by atoms with E-state index in [1.807, 2.05) is 0 Å². The Kier molecular flexibility index (Phi) is 8.13. The molecule has 61 heavy (non-hydrogen) atoms. The molecule has 0 aliphatic carbocycles. The van der Waals surface area contributed by atoms with Gasteiger partial charge in [-0.25, -0.2) is 15.0 Å². The van der Waals surface area contributed by atoms with Crippen LogP contribution in [0.5, 0.6) is 0 Å². The van der Waals surface area contributed by atoms with Gasteiger partial charge in [-0.15, -0.1) is 0 Å². The Morgan fingerprint density at radius 2 is 0.721 bits per heavy atom. The lowest BCUT2D eigenvalue weighted by Crippen LogP contribution is -2.00. The van der Waals surface area contributed by atoms with E-state index in [2.05, 4.69) is 223 Å². The third-order valence-corrected chi connectivity index (χ3v) is 12.0. The molecule has 4 nitrogen and oxygen atoms in total. The van der Waals surface area contributed by atoms with Crippen molar-refractivity contribution < 1.29 is 0 Å². The molecule has 12 aromatic rings. The highest BCUT2D eigenvalue weighted by Gasteiger charge is 2.18. The van der Waals surface area contributed by atoms with Crippen molar-refractivity contribution in [2.24, 2.45) is 0 Å². The first-order chi connectivity index (χ1) is 30.2. The molecule has 0 spiro atoms. The molecule has 0 N–H and O–H groups in total. The van der Waals surface area contributed by atoms with Gasteiger partial charge in [-0.05, 0) is 91.0 Å². The summed E-state index contributed by atoms with van der Waals surface area (Å²) in [6.45, 7) is 0. The third-order valence-electron chi connectivity index (χ3n) is 12.0. The van der Waals surface area contributed by atoms with Crippen LogP contribution in [0.15, 0.2) is 218 Å². The molecule has 0 radical (unpaired) electrons. The maximum Gasteiger partial charge on any atom is 0.164 e. The molecular formula is C57H36N4. The summed E-state index contributed by atoms with van der Waals surface area (Å²) in [5.41, 5.74) is 11.1. The molecule has 284 valence electrons. The number of rotatable bonds is 6. The maximum atomic E-state index is 5.08. The molecule has 0 atom stereocenters. The van der Waals surface area contributed by atoms with Gasteiger partial charge in [0.2, 0.25) is 0 Å². The third kappa shape index (κ3) is 6.04. The lowest BCUT2D eigenvalue weighted by molar-refractivity contribution is 1.08. The lowest BCUT2D eigenvalue weighted by Gasteiger charge is -2.12. The van der Waals surface area contributed by atoms with Gasteiger partial charge in [-0.1, -0.05) is 182 Å². The van der Waals surface area contributed by atoms with Crippen molar-refractivity contribution in [3.05, 3.63) is 218 Å². The summed E-state index contributed by atoms with van der Waals surface area (Å²) in [4.78, 5) is 15.2. The van der Waals surface area contributed by atoms with Gasteiger partial charge in [0, 0.05) is 33.2 Å². The van der Waals surface area contributed by atoms with Crippen molar-refractivity contribution in [3.63, 3.8) is 0 Å². The molecule has 0 fully saturated rings. The topological polar surface area (TPSA) is 43.6 Å². The Hall–Kier alpha value is -8.21. The van der Waals surface area contributed by atoms with E-state index in [1.54, 1.807) is 0 Å². The summed E-state index contributed by atoms with van der Waals surface area (Å²) < 4.78 is 2.40. The second-order valence-corrected chi connectivity index (χ2v) is 15.6. The van der Waals surface area contributed by atoms with Crippen LogP contribution in [0.25, 0.3) is 116 Å². The number of hydrogen-bond donors (Lipinski definition) is 0. The fourth-order valence-electron chi connectivity index (χ4n) is 9.02. The molecule has 0 saturated carbocycles. The van der Waals surface area contributed by atoms with Crippen molar-refractivity contribution in [1.82, 2.24) is 19.5 Å². The largest absolute Gasteiger partial charge is 0.309 e. The van der Waals surface area contributed by atoms with Crippen LogP contribution in [-0.2, 0) is 0 Å². The number of para-hydroxylation sites is 1. The second-order valence-electron chi connectivity index (χ2n) is 15.6. The van der Waals surface area contributed by atoms with E-state index in [1.165, 1.54) is 54.5 Å². The number of hydrogen-bond acceptors (Lipinski definition) is 3. The lowest BCUT2D eigenvalue weighted by atomic mass is 9.95. The zero-order valence-electron chi connectivity index (χ0n) is 33.1. The van der Waals surface area contributed by atoms with Crippen LogP contribution < -0.4 is 0 Å². The summed E-state index contributed by atoms with van der Waals surface area (Å²) in [6.07, 6.45) is 0. The fourth-order valence-corrected chi connectivity index (χ4v) is 9.02. The zero-order chi connectivity index (χ0) is 40.3. The van der Waals surface area contributed by atoms with Gasteiger partial charge in [0.25, 0.3) is 0 Å². The van der Waals surface area contributed by atoms with Gasteiger partial charge < -0.3 is 4.57 Å². The molecule has 0 amide bonds. The Balaban J connectivity index is 0.915. The van der Waals surface area contributed by atoms with Gasteiger partial charge in [0.15, 0.2) is 17.5 Å². The monoisotopic (exact) mass is 776 g/mol. The first-order valence-corrected chi connectivity index (χ1v) is 20.7. The van der Waals surface area contributed by atoms with E-state index < -0.39 is 0 Å². The molecular weight excluding hydrogens is 741 g/mol. The highest BCUT2D eigenvalue weighted by atomic mass is 15.0. The van der Waals surface area contributed by atoms with Crippen LogP contribution >= 0.6 is 0 Å². The first kappa shape index (κ1) is 34.8. The number of nitrogens with zero attached hydrogens (tertiary/aromatic N) is 4. The van der Waals surface area contributed by atoms with Gasteiger partial charge >= 0.3 is 0 Å². The zero-order valence-corrected chi connectivity index (χ0v) is 33.1. The van der Waals surface area contributed by atoms with E-state index in [9.17, 15) is 0 Å². The molecule has 0 aliphatic heterocycles. The summed E-state index contributed by atoms with van der Waals surface area (Å²) in [5, 5.41) is 9.67. The molecule has 10 aromatic carbocycles. The molecule has 2 heterocycles. The summed E-state index contributed by atoms with van der Waals surface area (Å²) in [5.74, 6) is 1.93. The molecule has 0 unspecified atom stereocenters. The number of aromatic nitrogens is 4. The predicted molar refractivity (Wildman–Crippen MR) is 254 cm³/mol. The second kappa shape index (κ2) is 14.3. The smallest absolute Gasteiger partial charge is 0.164 e. The Labute approximate surface area is 352 Å². The van der Waals surface area contributed by atoms with E-state index in [0.29, 0.717) is 17.5 Å². The number of benzene rings is 10. The van der Waals surface area contributed by atoms with Crippen molar-refractivity contribution in [3.8, 4) is 62.1 Å². The van der Waals surface area contributed by atoms with Gasteiger partial charge in [0.05, 0.1) is 11.0 Å². The summed E-state index contributed by atoms with van der Waals surface area (Å²) >= 11 is 0. The Morgan fingerprint density at radius 1 is 0.279 bits per heavy atom. The molecule has 0 saturated heterocycles. The van der Waals surface area contributed by atoms with Crippen LogP contribution in [0, 0.1) is 0 Å². The van der Waals surface area contributed by atoms with E-state index >= 15 is 0 Å². The molecule has 2 aromatic heterocycles.